The Balaban J connectivity index is 2.58. The first kappa shape index (κ1) is 20.3. The van der Waals surface area contributed by atoms with Gasteiger partial charge in [0, 0.05) is 19.3 Å². The van der Waals surface area contributed by atoms with E-state index in [0.717, 1.165) is 12.3 Å². The van der Waals surface area contributed by atoms with Crippen molar-refractivity contribution in [3.8, 4) is 0 Å². The maximum absolute atomic E-state index is 13.2. The number of rotatable bonds is 6. The number of amides is 1. The predicted molar refractivity (Wildman–Crippen MR) is 95.2 cm³/mol. The van der Waals surface area contributed by atoms with Crippen molar-refractivity contribution in [2.75, 3.05) is 13.1 Å². The van der Waals surface area contributed by atoms with Gasteiger partial charge in [0.15, 0.2) is 0 Å². The second-order valence-corrected chi connectivity index (χ2v) is 7.40. The molecule has 0 atom stereocenters. The van der Waals surface area contributed by atoms with Gasteiger partial charge in [-0.15, -0.1) is 0 Å². The number of hydrogen-bond acceptors (Lipinski definition) is 2. The van der Waals surface area contributed by atoms with E-state index in [-0.39, 0.29) is 23.4 Å². The van der Waals surface area contributed by atoms with Crippen LogP contribution in [0.5, 0.6) is 0 Å². The molecule has 26 heavy (non-hydrogen) atoms. The van der Waals surface area contributed by atoms with Crippen LogP contribution in [0.2, 0.25) is 0 Å². The van der Waals surface area contributed by atoms with Gasteiger partial charge in [0.2, 0.25) is 0 Å². The lowest BCUT2D eigenvalue weighted by Crippen LogP contribution is -2.38. The molecule has 0 unspecified atom stereocenters. The number of carbonyl (C=O) groups excluding carboxylic acids is 1. The number of fused-ring (bicyclic) bond motifs is 1. The highest BCUT2D eigenvalue weighted by atomic mass is 19.4. The Kier molecular flexibility index (Phi) is 5.98. The molecule has 0 aliphatic heterocycles. The van der Waals surface area contributed by atoms with Crippen molar-refractivity contribution in [2.45, 2.75) is 47.2 Å². The number of hydrogen-bond donors (Lipinski definition) is 0. The molecule has 0 aliphatic rings. The lowest BCUT2D eigenvalue weighted by Gasteiger charge is -2.26. The summed E-state index contributed by atoms with van der Waals surface area (Å²) in [5.74, 6) is 0.247. The molecule has 2 rings (SSSR count). The van der Waals surface area contributed by atoms with Crippen LogP contribution in [0.15, 0.2) is 18.3 Å². The molecule has 144 valence electrons. The lowest BCUT2D eigenvalue weighted by molar-refractivity contribution is -0.137. The molecule has 1 amide bonds. The number of aromatic nitrogens is 2. The summed E-state index contributed by atoms with van der Waals surface area (Å²) in [6.07, 6.45) is -3.03. The molecule has 0 fully saturated rings. The number of carbonyl (C=O) groups is 1. The van der Waals surface area contributed by atoms with Crippen LogP contribution in [0.3, 0.4) is 0 Å². The van der Waals surface area contributed by atoms with Gasteiger partial charge < -0.3 is 4.90 Å². The van der Waals surface area contributed by atoms with Crippen molar-refractivity contribution in [1.82, 2.24) is 14.3 Å². The van der Waals surface area contributed by atoms with E-state index in [9.17, 15) is 18.0 Å². The van der Waals surface area contributed by atoms with Crippen LogP contribution in [0.4, 0.5) is 13.2 Å². The second kappa shape index (κ2) is 7.68. The van der Waals surface area contributed by atoms with Crippen molar-refractivity contribution in [3.05, 3.63) is 35.3 Å². The molecule has 0 N–H and O–H groups in total. The van der Waals surface area contributed by atoms with Crippen LogP contribution < -0.4 is 0 Å². The number of pyridine rings is 1. The van der Waals surface area contributed by atoms with Crippen LogP contribution in [0.1, 0.15) is 56.4 Å². The van der Waals surface area contributed by atoms with Gasteiger partial charge in [0.1, 0.15) is 11.3 Å². The molecular weight excluding hydrogens is 343 g/mol. The Morgan fingerprint density at radius 1 is 1.15 bits per heavy atom. The van der Waals surface area contributed by atoms with Crippen molar-refractivity contribution < 1.29 is 18.0 Å². The minimum atomic E-state index is -4.47. The van der Waals surface area contributed by atoms with Gasteiger partial charge in [-0.1, -0.05) is 34.6 Å². The zero-order valence-electron chi connectivity index (χ0n) is 15.9. The highest BCUT2D eigenvalue weighted by molar-refractivity contribution is 5.94. The summed E-state index contributed by atoms with van der Waals surface area (Å²) in [4.78, 5) is 19.3. The van der Waals surface area contributed by atoms with Gasteiger partial charge in [0.25, 0.3) is 5.91 Å². The molecule has 0 saturated carbocycles. The Morgan fingerprint density at radius 3 is 2.19 bits per heavy atom. The maximum atomic E-state index is 13.2. The second-order valence-electron chi connectivity index (χ2n) is 7.40. The third kappa shape index (κ3) is 4.37. The highest BCUT2D eigenvalue weighted by Gasteiger charge is 2.32. The Hall–Kier alpha value is -2.05. The topological polar surface area (TPSA) is 37.6 Å². The molecule has 0 aliphatic carbocycles. The molecule has 4 nitrogen and oxygen atoms in total. The summed E-state index contributed by atoms with van der Waals surface area (Å²) in [5.41, 5.74) is 0.312. The molecule has 2 aromatic heterocycles. The van der Waals surface area contributed by atoms with Gasteiger partial charge in [0.05, 0.1) is 11.3 Å². The van der Waals surface area contributed by atoms with E-state index >= 15 is 0 Å². The molecule has 0 spiro atoms. The van der Waals surface area contributed by atoms with E-state index in [2.05, 4.69) is 4.98 Å². The first-order chi connectivity index (χ1) is 12.0. The number of imidazole rings is 1. The fraction of sp³-hybridized carbons (Fsp3) is 0.579. The molecule has 0 aromatic carbocycles. The Morgan fingerprint density at radius 2 is 1.73 bits per heavy atom. The highest BCUT2D eigenvalue weighted by Crippen LogP contribution is 2.30. The quantitative estimate of drug-likeness (QED) is 0.742. The SMILES string of the molecule is CCc1nc2ccc(C(F)(F)F)cn2c1C(=O)N(CC(C)C)CC(C)C. The molecule has 0 saturated heterocycles. The van der Waals surface area contributed by atoms with Crippen LogP contribution in [-0.4, -0.2) is 33.3 Å². The fourth-order valence-electron chi connectivity index (χ4n) is 3.01. The van der Waals surface area contributed by atoms with Gasteiger partial charge >= 0.3 is 6.18 Å². The van der Waals surface area contributed by atoms with E-state index in [1.807, 2.05) is 34.6 Å². The van der Waals surface area contributed by atoms with Crippen LogP contribution >= 0.6 is 0 Å². The number of nitrogens with zero attached hydrogens (tertiary/aromatic N) is 3. The number of alkyl halides is 3. The van der Waals surface area contributed by atoms with Crippen molar-refractivity contribution >= 4 is 11.6 Å². The van der Waals surface area contributed by atoms with Crippen LogP contribution in [0.25, 0.3) is 5.65 Å². The number of aryl methyl sites for hydroxylation is 1. The first-order valence-electron chi connectivity index (χ1n) is 8.92. The van der Waals surface area contributed by atoms with Crippen molar-refractivity contribution in [2.24, 2.45) is 11.8 Å². The van der Waals surface area contributed by atoms with E-state index < -0.39 is 11.7 Å². The minimum absolute atomic E-state index is 0.231. The minimum Gasteiger partial charge on any atom is -0.337 e. The van der Waals surface area contributed by atoms with Gasteiger partial charge in [-0.05, 0) is 30.4 Å². The smallest absolute Gasteiger partial charge is 0.337 e. The van der Waals surface area contributed by atoms with E-state index in [4.69, 9.17) is 0 Å². The number of halogens is 3. The van der Waals surface area contributed by atoms with Crippen molar-refractivity contribution in [1.29, 1.82) is 0 Å². The Bertz CT molecular complexity index is 768. The molecular formula is C19H26F3N3O. The van der Waals surface area contributed by atoms with E-state index in [1.165, 1.54) is 10.5 Å². The first-order valence-corrected chi connectivity index (χ1v) is 8.92. The van der Waals surface area contributed by atoms with Crippen LogP contribution in [0, 0.1) is 11.8 Å². The lowest BCUT2D eigenvalue weighted by atomic mass is 10.1. The van der Waals surface area contributed by atoms with Crippen LogP contribution in [-0.2, 0) is 12.6 Å². The summed E-state index contributed by atoms with van der Waals surface area (Å²) < 4.78 is 40.6. The molecule has 7 heteroatoms. The zero-order valence-corrected chi connectivity index (χ0v) is 15.9. The summed E-state index contributed by atoms with van der Waals surface area (Å²) in [6.45, 7) is 11.0. The standard InChI is InChI=1S/C19H26F3N3O/c1-6-15-17(18(26)24(9-12(2)3)10-13(4)5)25-11-14(19(20,21)22)7-8-16(25)23-15/h7-8,11-13H,6,9-10H2,1-5H3. The Labute approximate surface area is 152 Å². The predicted octanol–water partition coefficient (Wildman–Crippen LogP) is 4.67. The zero-order chi connectivity index (χ0) is 19.6. The summed E-state index contributed by atoms with van der Waals surface area (Å²) >= 11 is 0. The molecule has 0 bridgehead atoms. The molecule has 2 aromatic rings. The third-order valence-corrected chi connectivity index (χ3v) is 4.01. The van der Waals surface area contributed by atoms with E-state index in [1.54, 1.807) is 4.90 Å². The summed E-state index contributed by atoms with van der Waals surface area (Å²) in [6, 6.07) is 2.31. The molecule has 2 heterocycles. The fourth-order valence-corrected chi connectivity index (χ4v) is 3.01. The summed E-state index contributed by atoms with van der Waals surface area (Å²) in [7, 11) is 0. The van der Waals surface area contributed by atoms with E-state index in [0.29, 0.717) is 30.9 Å². The van der Waals surface area contributed by atoms with Crippen molar-refractivity contribution in [3.63, 3.8) is 0 Å². The van der Waals surface area contributed by atoms with Gasteiger partial charge in [-0.25, -0.2) is 4.98 Å². The average molecular weight is 369 g/mol. The van der Waals surface area contributed by atoms with Gasteiger partial charge in [-0.3, -0.25) is 9.20 Å². The average Bonchev–Trinajstić information content (AvgIpc) is 2.89. The third-order valence-electron chi connectivity index (χ3n) is 4.01. The monoisotopic (exact) mass is 369 g/mol. The maximum Gasteiger partial charge on any atom is 0.417 e. The summed E-state index contributed by atoms with van der Waals surface area (Å²) in [5, 5.41) is 0. The normalized spacial score (nSPS) is 12.4. The van der Waals surface area contributed by atoms with Gasteiger partial charge in [-0.2, -0.15) is 13.2 Å². The molecule has 0 radical (unpaired) electrons. The largest absolute Gasteiger partial charge is 0.417 e.